The van der Waals surface area contributed by atoms with Crippen molar-refractivity contribution in [2.24, 2.45) is 5.92 Å². The van der Waals surface area contributed by atoms with E-state index in [9.17, 15) is 19.1 Å². The first-order valence-corrected chi connectivity index (χ1v) is 10.8. The summed E-state index contributed by atoms with van der Waals surface area (Å²) in [6, 6.07) is 12.5. The molecule has 2 atom stereocenters. The Morgan fingerprint density at radius 2 is 1.97 bits per heavy atom. The van der Waals surface area contributed by atoms with E-state index in [-0.39, 0.29) is 30.7 Å². The molecule has 4 rings (SSSR count). The van der Waals surface area contributed by atoms with Crippen molar-refractivity contribution in [3.8, 4) is 5.75 Å². The zero-order chi connectivity index (χ0) is 22.9. The lowest BCUT2D eigenvalue weighted by Gasteiger charge is -2.45. The number of oxazole rings is 1. The molecular weight excluding hydrogens is 415 g/mol. The van der Waals surface area contributed by atoms with Crippen molar-refractivity contribution in [1.82, 2.24) is 9.47 Å². The van der Waals surface area contributed by atoms with Gasteiger partial charge in [-0.3, -0.25) is 9.36 Å². The molecule has 0 radical (unpaired) electrons. The molecule has 7 nitrogen and oxygen atoms in total. The van der Waals surface area contributed by atoms with Crippen molar-refractivity contribution in [2.45, 2.75) is 44.9 Å². The summed E-state index contributed by atoms with van der Waals surface area (Å²) < 4.78 is 25.8. The number of carbonyl (C=O) groups excluding carboxylic acids is 1. The highest BCUT2D eigenvalue weighted by Gasteiger charge is 2.44. The summed E-state index contributed by atoms with van der Waals surface area (Å²) in [5, 5.41) is 11.4. The van der Waals surface area contributed by atoms with Crippen LogP contribution in [0.5, 0.6) is 5.75 Å². The first-order chi connectivity index (χ1) is 15.2. The van der Waals surface area contributed by atoms with Gasteiger partial charge in [0.1, 0.15) is 29.8 Å². The Balaban J connectivity index is 1.54. The molecule has 1 aromatic heterocycles. The third kappa shape index (κ3) is 4.55. The van der Waals surface area contributed by atoms with Crippen LogP contribution in [0.3, 0.4) is 0 Å². The van der Waals surface area contributed by atoms with E-state index in [4.69, 9.17) is 9.15 Å². The highest BCUT2D eigenvalue weighted by Crippen LogP contribution is 2.32. The topological polar surface area (TPSA) is 84.9 Å². The number of likely N-dealkylation sites (tertiary alicyclic amines) is 1. The maximum absolute atomic E-state index is 13.3. The fraction of sp³-hybridized carbons (Fsp3) is 0.417. The summed E-state index contributed by atoms with van der Waals surface area (Å²) in [5.74, 6) is -0.597. The highest BCUT2D eigenvalue weighted by atomic mass is 19.1. The minimum absolute atomic E-state index is 0.157. The molecule has 1 amide bonds. The molecule has 170 valence electrons. The van der Waals surface area contributed by atoms with E-state index >= 15 is 0 Å². The van der Waals surface area contributed by atoms with Crippen LogP contribution in [0.1, 0.15) is 26.7 Å². The molecule has 0 aliphatic carbocycles. The Kier molecular flexibility index (Phi) is 6.06. The SMILES string of the molecule is CC(C)C[C@]1(O)CCN(C(=O)Cn2c(=O)oc3ccccc32)C[C@@H]1Oc1ccc(F)cc1. The smallest absolute Gasteiger partial charge is 0.420 e. The predicted octanol–water partition coefficient (Wildman–Crippen LogP) is 3.19. The number of aliphatic hydroxyl groups is 1. The number of amides is 1. The third-order valence-electron chi connectivity index (χ3n) is 5.87. The second-order valence-electron chi connectivity index (χ2n) is 8.77. The molecule has 2 aromatic carbocycles. The van der Waals surface area contributed by atoms with Crippen molar-refractivity contribution in [3.63, 3.8) is 0 Å². The number of benzene rings is 2. The fourth-order valence-corrected chi connectivity index (χ4v) is 4.34. The van der Waals surface area contributed by atoms with E-state index < -0.39 is 17.5 Å². The molecular formula is C24H27FN2O5. The number of rotatable bonds is 6. The average molecular weight is 442 g/mol. The lowest BCUT2D eigenvalue weighted by molar-refractivity contribution is -0.149. The van der Waals surface area contributed by atoms with Gasteiger partial charge in [-0.05, 0) is 55.2 Å². The van der Waals surface area contributed by atoms with Gasteiger partial charge < -0.3 is 19.2 Å². The summed E-state index contributed by atoms with van der Waals surface area (Å²) >= 11 is 0. The largest absolute Gasteiger partial charge is 0.486 e. The van der Waals surface area contributed by atoms with E-state index in [1.165, 1.54) is 28.8 Å². The van der Waals surface area contributed by atoms with Gasteiger partial charge in [0, 0.05) is 6.54 Å². The van der Waals surface area contributed by atoms with Crippen molar-refractivity contribution in [2.75, 3.05) is 13.1 Å². The molecule has 32 heavy (non-hydrogen) atoms. The molecule has 1 aliphatic heterocycles. The summed E-state index contributed by atoms with van der Waals surface area (Å²) in [6.45, 7) is 4.36. The number of aromatic nitrogens is 1. The Morgan fingerprint density at radius 3 is 2.69 bits per heavy atom. The molecule has 0 bridgehead atoms. The van der Waals surface area contributed by atoms with E-state index in [2.05, 4.69) is 0 Å². The summed E-state index contributed by atoms with van der Waals surface area (Å²) in [6.07, 6.45) is 0.155. The lowest BCUT2D eigenvalue weighted by Crippen LogP contribution is -2.60. The monoisotopic (exact) mass is 442 g/mol. The zero-order valence-electron chi connectivity index (χ0n) is 18.2. The first-order valence-electron chi connectivity index (χ1n) is 10.8. The molecule has 1 saturated heterocycles. The predicted molar refractivity (Wildman–Crippen MR) is 117 cm³/mol. The van der Waals surface area contributed by atoms with Crippen LogP contribution in [0, 0.1) is 11.7 Å². The van der Waals surface area contributed by atoms with E-state index in [1.54, 1.807) is 29.2 Å². The van der Waals surface area contributed by atoms with Crippen LogP contribution in [0.4, 0.5) is 4.39 Å². The van der Waals surface area contributed by atoms with Gasteiger partial charge in [0.05, 0.1) is 12.1 Å². The van der Waals surface area contributed by atoms with Gasteiger partial charge in [0.15, 0.2) is 5.58 Å². The summed E-state index contributed by atoms with van der Waals surface area (Å²) in [7, 11) is 0. The lowest BCUT2D eigenvalue weighted by atomic mass is 9.81. The number of hydrogen-bond acceptors (Lipinski definition) is 5. The maximum atomic E-state index is 13.3. The van der Waals surface area contributed by atoms with Crippen molar-refractivity contribution < 1.29 is 23.4 Å². The van der Waals surface area contributed by atoms with Gasteiger partial charge in [0.2, 0.25) is 5.91 Å². The van der Waals surface area contributed by atoms with Crippen molar-refractivity contribution in [1.29, 1.82) is 0 Å². The molecule has 1 N–H and O–H groups in total. The van der Waals surface area contributed by atoms with Gasteiger partial charge >= 0.3 is 5.76 Å². The van der Waals surface area contributed by atoms with E-state index in [0.717, 1.165) is 0 Å². The van der Waals surface area contributed by atoms with Gasteiger partial charge in [0.25, 0.3) is 0 Å². The number of ether oxygens (including phenoxy) is 1. The van der Waals surface area contributed by atoms with Crippen LogP contribution in [0.15, 0.2) is 57.7 Å². The molecule has 2 heterocycles. The van der Waals surface area contributed by atoms with Crippen LogP contribution in [0.25, 0.3) is 11.1 Å². The minimum Gasteiger partial charge on any atom is -0.486 e. The van der Waals surface area contributed by atoms with Crippen LogP contribution >= 0.6 is 0 Å². The van der Waals surface area contributed by atoms with Crippen molar-refractivity contribution in [3.05, 3.63) is 64.9 Å². The second-order valence-corrected chi connectivity index (χ2v) is 8.77. The number of carbonyl (C=O) groups is 1. The molecule has 1 aliphatic rings. The summed E-state index contributed by atoms with van der Waals surface area (Å²) in [4.78, 5) is 26.9. The fourth-order valence-electron chi connectivity index (χ4n) is 4.34. The van der Waals surface area contributed by atoms with Crippen LogP contribution in [0.2, 0.25) is 0 Å². The zero-order valence-corrected chi connectivity index (χ0v) is 18.2. The first kappa shape index (κ1) is 22.1. The maximum Gasteiger partial charge on any atom is 0.420 e. The third-order valence-corrected chi connectivity index (χ3v) is 5.87. The Bertz CT molecular complexity index is 1150. The average Bonchev–Trinajstić information content (AvgIpc) is 3.06. The van der Waals surface area contributed by atoms with Gasteiger partial charge in [-0.2, -0.15) is 0 Å². The van der Waals surface area contributed by atoms with E-state index in [1.807, 2.05) is 13.8 Å². The second kappa shape index (κ2) is 8.78. The standard InChI is InChI=1S/C24H27FN2O5/c1-16(2)13-24(30)11-12-26(14-21(24)31-18-9-7-17(25)8-10-18)22(28)15-27-19-5-3-4-6-20(19)32-23(27)29/h3-10,16,21,30H,11-15H2,1-2H3/t21-,24+/m0/s1. The number of piperidine rings is 1. The number of nitrogens with zero attached hydrogens (tertiary/aromatic N) is 2. The number of hydrogen-bond donors (Lipinski definition) is 1. The van der Waals surface area contributed by atoms with Crippen LogP contribution in [-0.4, -0.2) is 45.3 Å². The van der Waals surface area contributed by atoms with Gasteiger partial charge in [-0.15, -0.1) is 0 Å². The quantitative estimate of drug-likeness (QED) is 0.634. The molecule has 3 aromatic rings. The van der Waals surface area contributed by atoms with Gasteiger partial charge in [-0.1, -0.05) is 26.0 Å². The highest BCUT2D eigenvalue weighted by molar-refractivity contribution is 5.79. The Labute approximate surface area is 185 Å². The number of fused-ring (bicyclic) bond motifs is 1. The normalized spacial score (nSPS) is 21.3. The van der Waals surface area contributed by atoms with Crippen LogP contribution in [-0.2, 0) is 11.3 Å². The van der Waals surface area contributed by atoms with Gasteiger partial charge in [-0.25, -0.2) is 9.18 Å². The molecule has 0 saturated carbocycles. The molecule has 1 fully saturated rings. The van der Waals surface area contributed by atoms with Crippen LogP contribution < -0.4 is 10.5 Å². The Hall–Kier alpha value is -3.13. The Morgan fingerprint density at radius 1 is 1.25 bits per heavy atom. The molecule has 0 unspecified atom stereocenters. The van der Waals surface area contributed by atoms with Crippen molar-refractivity contribution >= 4 is 17.0 Å². The number of halogens is 1. The van der Waals surface area contributed by atoms with E-state index in [0.29, 0.717) is 36.2 Å². The molecule has 0 spiro atoms. The molecule has 8 heteroatoms. The number of para-hydroxylation sites is 2. The minimum atomic E-state index is -1.13. The summed E-state index contributed by atoms with van der Waals surface area (Å²) in [5.41, 5.74) is -0.149.